The maximum atomic E-state index is 10.8. The molecule has 0 spiro atoms. The second-order valence-electron chi connectivity index (χ2n) is 4.54. The molecule has 2 rings (SSSR count). The van der Waals surface area contributed by atoms with Crippen LogP contribution in [0, 0.1) is 0 Å². The number of methoxy groups -OCH3 is 1. The molecule has 1 aromatic rings. The van der Waals surface area contributed by atoms with Crippen molar-refractivity contribution < 1.29 is 9.53 Å². The van der Waals surface area contributed by atoms with Crippen molar-refractivity contribution in [3.63, 3.8) is 0 Å². The van der Waals surface area contributed by atoms with Crippen molar-refractivity contribution in [2.75, 3.05) is 20.2 Å². The van der Waals surface area contributed by atoms with E-state index in [2.05, 4.69) is 11.8 Å². The summed E-state index contributed by atoms with van der Waals surface area (Å²) in [5.74, 6) is 0.870. The number of carbonyl (C=O) groups excluding carboxylic acids is 1. The van der Waals surface area contributed by atoms with E-state index in [1.54, 1.807) is 13.2 Å². The highest BCUT2D eigenvalue weighted by molar-refractivity contribution is 5.75. The van der Waals surface area contributed by atoms with Crippen LogP contribution in [0.5, 0.6) is 5.75 Å². The van der Waals surface area contributed by atoms with E-state index < -0.39 is 0 Å². The van der Waals surface area contributed by atoms with Crippen LogP contribution in [-0.4, -0.2) is 31.4 Å². The first-order chi connectivity index (χ1) is 8.26. The molecular weight excluding hydrogens is 214 g/mol. The van der Waals surface area contributed by atoms with Crippen LogP contribution in [0.4, 0.5) is 0 Å². The predicted octanol–water partition coefficient (Wildman–Crippen LogP) is 2.66. The third-order valence-corrected chi connectivity index (χ3v) is 3.53. The molecule has 1 aliphatic heterocycles. The monoisotopic (exact) mass is 233 g/mol. The Hall–Kier alpha value is -1.35. The zero-order valence-electron chi connectivity index (χ0n) is 10.5. The number of likely N-dealkylation sites (tertiary alicyclic amines) is 1. The second-order valence-corrected chi connectivity index (χ2v) is 4.54. The van der Waals surface area contributed by atoms with Crippen LogP contribution in [0.1, 0.15) is 41.7 Å². The van der Waals surface area contributed by atoms with Crippen molar-refractivity contribution in [2.45, 2.75) is 25.8 Å². The molecule has 0 amide bonds. The van der Waals surface area contributed by atoms with Crippen LogP contribution >= 0.6 is 0 Å². The Balaban J connectivity index is 2.30. The number of aldehydes is 1. The minimum absolute atomic E-state index is 0.312. The Kier molecular flexibility index (Phi) is 3.79. The quantitative estimate of drug-likeness (QED) is 0.749. The first kappa shape index (κ1) is 12.1. The number of hydrogen-bond donors (Lipinski definition) is 0. The van der Waals surface area contributed by atoms with Gasteiger partial charge in [-0.2, -0.15) is 0 Å². The van der Waals surface area contributed by atoms with E-state index in [0.717, 1.165) is 30.7 Å². The molecule has 1 heterocycles. The number of rotatable bonds is 4. The smallest absolute Gasteiger partial charge is 0.150 e. The lowest BCUT2D eigenvalue weighted by molar-refractivity contribution is 0.112. The summed E-state index contributed by atoms with van der Waals surface area (Å²) in [6.07, 6.45) is 3.42. The lowest BCUT2D eigenvalue weighted by Crippen LogP contribution is -2.23. The molecule has 92 valence electrons. The molecule has 3 heteroatoms. The summed E-state index contributed by atoms with van der Waals surface area (Å²) in [4.78, 5) is 13.3. The largest absolute Gasteiger partial charge is 0.496 e. The Bertz CT molecular complexity index is 397. The van der Waals surface area contributed by atoms with Gasteiger partial charge in [-0.1, -0.05) is 0 Å². The van der Waals surface area contributed by atoms with Crippen molar-refractivity contribution in [1.29, 1.82) is 0 Å². The van der Waals surface area contributed by atoms with E-state index in [0.29, 0.717) is 11.6 Å². The molecule has 0 saturated carbocycles. The van der Waals surface area contributed by atoms with E-state index >= 15 is 0 Å². The third-order valence-electron chi connectivity index (χ3n) is 3.53. The van der Waals surface area contributed by atoms with Gasteiger partial charge in [-0.25, -0.2) is 0 Å². The van der Waals surface area contributed by atoms with Crippen molar-refractivity contribution in [3.05, 3.63) is 29.3 Å². The van der Waals surface area contributed by atoms with E-state index in [-0.39, 0.29) is 0 Å². The predicted molar refractivity (Wildman–Crippen MR) is 67.6 cm³/mol. The Labute approximate surface area is 102 Å². The third kappa shape index (κ3) is 2.50. The average molecular weight is 233 g/mol. The highest BCUT2D eigenvalue weighted by atomic mass is 16.5. The van der Waals surface area contributed by atoms with Gasteiger partial charge in [-0.15, -0.1) is 0 Å². The summed E-state index contributed by atoms with van der Waals surface area (Å²) in [5.41, 5.74) is 1.82. The number of benzene rings is 1. The first-order valence-electron chi connectivity index (χ1n) is 6.13. The lowest BCUT2D eigenvalue weighted by Gasteiger charge is -2.25. The van der Waals surface area contributed by atoms with Gasteiger partial charge in [0.1, 0.15) is 12.0 Å². The van der Waals surface area contributed by atoms with Crippen molar-refractivity contribution in [2.24, 2.45) is 0 Å². The van der Waals surface area contributed by atoms with Crippen LogP contribution in [0.3, 0.4) is 0 Å². The molecule has 1 aliphatic rings. The number of nitrogens with zero attached hydrogens (tertiary/aromatic N) is 1. The van der Waals surface area contributed by atoms with Crippen molar-refractivity contribution >= 4 is 6.29 Å². The van der Waals surface area contributed by atoms with Gasteiger partial charge in [-0.3, -0.25) is 9.69 Å². The summed E-state index contributed by atoms with van der Waals surface area (Å²) in [6, 6.07) is 5.93. The summed E-state index contributed by atoms with van der Waals surface area (Å²) in [6.45, 7) is 4.45. The van der Waals surface area contributed by atoms with E-state index in [1.165, 1.54) is 12.8 Å². The van der Waals surface area contributed by atoms with E-state index in [9.17, 15) is 4.79 Å². The van der Waals surface area contributed by atoms with Crippen LogP contribution in [0.25, 0.3) is 0 Å². The second kappa shape index (κ2) is 5.32. The average Bonchev–Trinajstić information content (AvgIpc) is 2.91. The fraction of sp³-hybridized carbons (Fsp3) is 0.500. The molecule has 17 heavy (non-hydrogen) atoms. The van der Waals surface area contributed by atoms with Gasteiger partial charge in [-0.05, 0) is 51.1 Å². The van der Waals surface area contributed by atoms with E-state index in [4.69, 9.17) is 4.74 Å². The first-order valence-corrected chi connectivity index (χ1v) is 6.13. The summed E-state index contributed by atoms with van der Waals surface area (Å²) in [5, 5.41) is 0. The maximum Gasteiger partial charge on any atom is 0.150 e. The molecule has 1 saturated heterocycles. The molecule has 1 aromatic carbocycles. The summed E-state index contributed by atoms with van der Waals surface area (Å²) >= 11 is 0. The van der Waals surface area contributed by atoms with Gasteiger partial charge >= 0.3 is 0 Å². The Morgan fingerprint density at radius 2 is 2.06 bits per heavy atom. The Morgan fingerprint density at radius 3 is 2.65 bits per heavy atom. The molecule has 0 aromatic heterocycles. The van der Waals surface area contributed by atoms with Gasteiger partial charge in [0, 0.05) is 17.2 Å². The van der Waals surface area contributed by atoms with Crippen LogP contribution in [0.15, 0.2) is 18.2 Å². The van der Waals surface area contributed by atoms with Gasteiger partial charge < -0.3 is 4.74 Å². The number of ether oxygens (including phenoxy) is 1. The molecule has 0 bridgehead atoms. The molecule has 1 unspecified atom stereocenters. The fourth-order valence-corrected chi connectivity index (χ4v) is 2.48. The molecule has 1 fully saturated rings. The maximum absolute atomic E-state index is 10.8. The topological polar surface area (TPSA) is 29.5 Å². The molecular formula is C14H19NO2. The molecule has 1 atom stereocenters. The SMILES string of the molecule is COc1ccc(C=O)cc1C(C)N1CCCC1. The summed E-state index contributed by atoms with van der Waals surface area (Å²) < 4.78 is 5.38. The number of hydrogen-bond acceptors (Lipinski definition) is 3. The molecule has 3 nitrogen and oxygen atoms in total. The zero-order chi connectivity index (χ0) is 12.3. The molecule has 0 N–H and O–H groups in total. The standard InChI is InChI=1S/C14H19NO2/c1-11(15-7-3-4-8-15)13-9-12(10-16)5-6-14(13)17-2/h5-6,9-11H,3-4,7-8H2,1-2H3. The fourth-order valence-electron chi connectivity index (χ4n) is 2.48. The van der Waals surface area contributed by atoms with Crippen LogP contribution in [-0.2, 0) is 0 Å². The molecule has 0 aliphatic carbocycles. The zero-order valence-corrected chi connectivity index (χ0v) is 10.5. The van der Waals surface area contributed by atoms with Gasteiger partial charge in [0.05, 0.1) is 7.11 Å². The summed E-state index contributed by atoms with van der Waals surface area (Å²) in [7, 11) is 1.68. The van der Waals surface area contributed by atoms with Gasteiger partial charge in [0.2, 0.25) is 0 Å². The lowest BCUT2D eigenvalue weighted by atomic mass is 10.0. The normalized spacial score (nSPS) is 18.0. The Morgan fingerprint density at radius 1 is 1.35 bits per heavy atom. The highest BCUT2D eigenvalue weighted by Gasteiger charge is 2.22. The van der Waals surface area contributed by atoms with Crippen LogP contribution in [0.2, 0.25) is 0 Å². The van der Waals surface area contributed by atoms with Gasteiger partial charge in [0.25, 0.3) is 0 Å². The van der Waals surface area contributed by atoms with Gasteiger partial charge in [0.15, 0.2) is 0 Å². The minimum atomic E-state index is 0.312. The highest BCUT2D eigenvalue weighted by Crippen LogP contribution is 2.31. The van der Waals surface area contributed by atoms with E-state index in [1.807, 2.05) is 12.1 Å². The number of carbonyl (C=O) groups is 1. The van der Waals surface area contributed by atoms with Crippen LogP contribution < -0.4 is 4.74 Å². The molecule has 0 radical (unpaired) electrons. The van der Waals surface area contributed by atoms with Crippen molar-refractivity contribution in [1.82, 2.24) is 4.90 Å². The minimum Gasteiger partial charge on any atom is -0.496 e. The van der Waals surface area contributed by atoms with Crippen molar-refractivity contribution in [3.8, 4) is 5.75 Å².